The maximum Gasteiger partial charge on any atom is 0.274 e. The lowest BCUT2D eigenvalue weighted by molar-refractivity contribution is 0.0718. The Labute approximate surface area is 146 Å². The minimum absolute atomic E-state index is 0.115. The number of likely N-dealkylation sites (tertiary alicyclic amines) is 1. The third-order valence-corrected chi connectivity index (χ3v) is 4.17. The summed E-state index contributed by atoms with van der Waals surface area (Å²) < 4.78 is 5.14. The van der Waals surface area contributed by atoms with Crippen molar-refractivity contribution in [3.8, 4) is 5.75 Å². The van der Waals surface area contributed by atoms with E-state index in [4.69, 9.17) is 4.74 Å². The number of hydrogen-bond acceptors (Lipinski definition) is 4. The van der Waals surface area contributed by atoms with Crippen molar-refractivity contribution in [1.82, 2.24) is 9.88 Å². The van der Waals surface area contributed by atoms with Gasteiger partial charge in [-0.05, 0) is 43.5 Å². The second kappa shape index (κ2) is 7.79. The SMILES string of the molecule is COc1cccc(NC(=O)c2cccc(C(=O)N3CCCCC3)n2)c1. The summed E-state index contributed by atoms with van der Waals surface area (Å²) in [5.74, 6) is 0.178. The fraction of sp³-hybridized carbons (Fsp3) is 0.316. The zero-order chi connectivity index (χ0) is 17.6. The highest BCUT2D eigenvalue weighted by Gasteiger charge is 2.20. The second-order valence-electron chi connectivity index (χ2n) is 5.95. The molecule has 1 fully saturated rings. The van der Waals surface area contributed by atoms with Gasteiger partial charge in [-0.2, -0.15) is 0 Å². The molecule has 1 saturated heterocycles. The van der Waals surface area contributed by atoms with Crippen molar-refractivity contribution in [3.05, 3.63) is 53.9 Å². The summed E-state index contributed by atoms with van der Waals surface area (Å²) in [6.45, 7) is 1.50. The number of amides is 2. The van der Waals surface area contributed by atoms with Crippen molar-refractivity contribution in [1.29, 1.82) is 0 Å². The summed E-state index contributed by atoms with van der Waals surface area (Å²) in [5, 5.41) is 2.77. The third kappa shape index (κ3) is 4.15. The monoisotopic (exact) mass is 339 g/mol. The molecule has 0 spiro atoms. The molecule has 0 saturated carbocycles. The average Bonchev–Trinajstić information content (AvgIpc) is 2.68. The van der Waals surface area contributed by atoms with Gasteiger partial charge in [0, 0.05) is 24.8 Å². The smallest absolute Gasteiger partial charge is 0.274 e. The molecule has 1 aliphatic rings. The minimum atomic E-state index is -0.360. The lowest BCUT2D eigenvalue weighted by Gasteiger charge is -2.26. The first-order valence-electron chi connectivity index (χ1n) is 8.39. The van der Waals surface area contributed by atoms with Gasteiger partial charge in [-0.25, -0.2) is 4.98 Å². The molecular formula is C19H21N3O3. The van der Waals surface area contributed by atoms with Crippen LogP contribution < -0.4 is 10.1 Å². The van der Waals surface area contributed by atoms with E-state index < -0.39 is 0 Å². The summed E-state index contributed by atoms with van der Waals surface area (Å²) in [5.41, 5.74) is 1.13. The maximum absolute atomic E-state index is 12.5. The Balaban J connectivity index is 1.73. The van der Waals surface area contributed by atoms with Crippen molar-refractivity contribution < 1.29 is 14.3 Å². The number of nitrogens with one attached hydrogen (secondary N) is 1. The molecule has 0 radical (unpaired) electrons. The number of hydrogen-bond donors (Lipinski definition) is 1. The number of methoxy groups -OCH3 is 1. The van der Waals surface area contributed by atoms with E-state index in [1.165, 1.54) is 0 Å². The summed E-state index contributed by atoms with van der Waals surface area (Å²) >= 11 is 0. The number of aromatic nitrogens is 1. The zero-order valence-electron chi connectivity index (χ0n) is 14.2. The van der Waals surface area contributed by atoms with Crippen LogP contribution in [0.2, 0.25) is 0 Å². The largest absolute Gasteiger partial charge is 0.497 e. The number of piperidine rings is 1. The molecule has 130 valence electrons. The van der Waals surface area contributed by atoms with E-state index in [1.807, 2.05) is 0 Å². The minimum Gasteiger partial charge on any atom is -0.497 e. The van der Waals surface area contributed by atoms with Gasteiger partial charge in [0.05, 0.1) is 7.11 Å². The lowest BCUT2D eigenvalue weighted by Crippen LogP contribution is -2.36. The van der Waals surface area contributed by atoms with Crippen LogP contribution in [-0.4, -0.2) is 41.9 Å². The van der Waals surface area contributed by atoms with Crippen molar-refractivity contribution in [2.75, 3.05) is 25.5 Å². The van der Waals surface area contributed by atoms with E-state index in [-0.39, 0.29) is 17.5 Å². The molecule has 0 unspecified atom stereocenters. The van der Waals surface area contributed by atoms with Gasteiger partial charge < -0.3 is 15.0 Å². The van der Waals surface area contributed by atoms with Gasteiger partial charge in [0.1, 0.15) is 17.1 Å². The average molecular weight is 339 g/mol. The predicted molar refractivity (Wildman–Crippen MR) is 94.9 cm³/mol. The first-order valence-corrected chi connectivity index (χ1v) is 8.39. The van der Waals surface area contributed by atoms with Gasteiger partial charge in [0.2, 0.25) is 0 Å². The first-order chi connectivity index (χ1) is 12.2. The van der Waals surface area contributed by atoms with E-state index in [0.29, 0.717) is 17.1 Å². The van der Waals surface area contributed by atoms with E-state index >= 15 is 0 Å². The first kappa shape index (κ1) is 17.0. The highest BCUT2D eigenvalue weighted by Crippen LogP contribution is 2.17. The van der Waals surface area contributed by atoms with Crippen LogP contribution in [0.5, 0.6) is 5.75 Å². The summed E-state index contributed by atoms with van der Waals surface area (Å²) in [4.78, 5) is 31.0. The maximum atomic E-state index is 12.5. The van der Waals surface area contributed by atoms with E-state index in [1.54, 1.807) is 54.5 Å². The summed E-state index contributed by atoms with van der Waals surface area (Å²) in [6.07, 6.45) is 3.18. The van der Waals surface area contributed by atoms with Gasteiger partial charge >= 0.3 is 0 Å². The lowest BCUT2D eigenvalue weighted by atomic mass is 10.1. The van der Waals surface area contributed by atoms with Crippen LogP contribution in [0.25, 0.3) is 0 Å². The molecule has 2 heterocycles. The van der Waals surface area contributed by atoms with Crippen LogP contribution in [0.3, 0.4) is 0 Å². The van der Waals surface area contributed by atoms with Gasteiger partial charge in [-0.3, -0.25) is 9.59 Å². The Morgan fingerprint density at radius 1 is 1.04 bits per heavy atom. The molecule has 0 bridgehead atoms. The zero-order valence-corrected chi connectivity index (χ0v) is 14.2. The second-order valence-corrected chi connectivity index (χ2v) is 5.95. The molecule has 25 heavy (non-hydrogen) atoms. The molecule has 0 atom stereocenters. The number of anilines is 1. The molecule has 1 aliphatic heterocycles. The Bertz CT molecular complexity index is 770. The van der Waals surface area contributed by atoms with Crippen LogP contribution in [0.4, 0.5) is 5.69 Å². The van der Waals surface area contributed by atoms with Gasteiger partial charge in [-0.15, -0.1) is 0 Å². The van der Waals surface area contributed by atoms with E-state index in [9.17, 15) is 9.59 Å². The van der Waals surface area contributed by atoms with Crippen LogP contribution in [0, 0.1) is 0 Å². The summed E-state index contributed by atoms with van der Waals surface area (Å²) in [6, 6.07) is 12.0. The van der Waals surface area contributed by atoms with Gasteiger partial charge in [0.25, 0.3) is 11.8 Å². The van der Waals surface area contributed by atoms with Gasteiger partial charge in [-0.1, -0.05) is 12.1 Å². The third-order valence-electron chi connectivity index (χ3n) is 4.17. The molecule has 1 aromatic carbocycles. The van der Waals surface area contributed by atoms with Crippen molar-refractivity contribution in [2.24, 2.45) is 0 Å². The Hall–Kier alpha value is -2.89. The number of nitrogens with zero attached hydrogens (tertiary/aromatic N) is 2. The number of ether oxygens (including phenoxy) is 1. The number of benzene rings is 1. The molecule has 6 nitrogen and oxygen atoms in total. The van der Waals surface area contributed by atoms with Crippen LogP contribution >= 0.6 is 0 Å². The van der Waals surface area contributed by atoms with Crippen molar-refractivity contribution in [2.45, 2.75) is 19.3 Å². The molecular weight excluding hydrogens is 318 g/mol. The van der Waals surface area contributed by atoms with Crippen molar-refractivity contribution >= 4 is 17.5 Å². The highest BCUT2D eigenvalue weighted by atomic mass is 16.5. The number of pyridine rings is 1. The van der Waals surface area contributed by atoms with E-state index in [0.717, 1.165) is 32.4 Å². The number of rotatable bonds is 4. The standard InChI is InChI=1S/C19H21N3O3/c1-25-15-8-5-7-14(13-15)20-18(23)16-9-6-10-17(21-16)19(24)22-11-3-2-4-12-22/h5-10,13H,2-4,11-12H2,1H3,(H,20,23). The molecule has 6 heteroatoms. The Morgan fingerprint density at radius 3 is 2.52 bits per heavy atom. The van der Waals surface area contributed by atoms with Crippen LogP contribution in [-0.2, 0) is 0 Å². The van der Waals surface area contributed by atoms with Crippen LogP contribution in [0.15, 0.2) is 42.5 Å². The quantitative estimate of drug-likeness (QED) is 0.929. The molecule has 2 aromatic rings. The fourth-order valence-corrected chi connectivity index (χ4v) is 2.84. The summed E-state index contributed by atoms with van der Waals surface area (Å²) in [7, 11) is 1.57. The van der Waals surface area contributed by atoms with Crippen molar-refractivity contribution in [3.63, 3.8) is 0 Å². The number of carbonyl (C=O) groups is 2. The number of carbonyl (C=O) groups excluding carboxylic acids is 2. The molecule has 1 aromatic heterocycles. The fourth-order valence-electron chi connectivity index (χ4n) is 2.84. The molecule has 3 rings (SSSR count). The van der Waals surface area contributed by atoms with Crippen LogP contribution in [0.1, 0.15) is 40.2 Å². The predicted octanol–water partition coefficient (Wildman–Crippen LogP) is 2.97. The van der Waals surface area contributed by atoms with E-state index in [2.05, 4.69) is 10.3 Å². The van der Waals surface area contributed by atoms with Gasteiger partial charge in [0.15, 0.2) is 0 Å². The molecule has 0 aliphatic carbocycles. The molecule has 1 N–H and O–H groups in total. The Morgan fingerprint density at radius 2 is 1.76 bits per heavy atom. The molecule has 2 amide bonds. The highest BCUT2D eigenvalue weighted by molar-refractivity contribution is 6.04. The Kier molecular flexibility index (Phi) is 5.28. The topological polar surface area (TPSA) is 71.5 Å². The normalized spacial score (nSPS) is 14.0.